The number of aliphatic hydroxyl groups is 1. The molecule has 144 valence electrons. The predicted molar refractivity (Wildman–Crippen MR) is 108 cm³/mol. The summed E-state index contributed by atoms with van der Waals surface area (Å²) in [4.78, 5) is 17.6. The minimum absolute atomic E-state index is 0.178. The van der Waals surface area contributed by atoms with Crippen LogP contribution in [0.5, 0.6) is 5.75 Å². The molecule has 1 heterocycles. The number of ether oxygens (including phenoxy) is 1. The van der Waals surface area contributed by atoms with Crippen LogP contribution in [0.2, 0.25) is 0 Å². The van der Waals surface area contributed by atoms with Crippen molar-refractivity contribution in [1.29, 1.82) is 0 Å². The summed E-state index contributed by atoms with van der Waals surface area (Å²) in [6.45, 7) is 1.92. The molecular weight excluding hydrogens is 352 g/mol. The molecule has 2 N–H and O–H groups in total. The van der Waals surface area contributed by atoms with Gasteiger partial charge in [-0.3, -0.25) is 9.78 Å². The van der Waals surface area contributed by atoms with E-state index in [4.69, 9.17) is 4.74 Å². The van der Waals surface area contributed by atoms with E-state index < -0.39 is 0 Å². The van der Waals surface area contributed by atoms with Gasteiger partial charge in [0.1, 0.15) is 5.75 Å². The van der Waals surface area contributed by atoms with E-state index in [1.54, 1.807) is 13.2 Å². The van der Waals surface area contributed by atoms with Gasteiger partial charge in [-0.2, -0.15) is 0 Å². The van der Waals surface area contributed by atoms with Gasteiger partial charge in [-0.25, -0.2) is 0 Å². The van der Waals surface area contributed by atoms with Crippen LogP contribution < -0.4 is 10.1 Å². The number of carbonyl (C=O) groups excluding carboxylic acids is 1. The van der Waals surface area contributed by atoms with Crippen LogP contribution >= 0.6 is 0 Å². The third-order valence-electron chi connectivity index (χ3n) is 5.54. The van der Waals surface area contributed by atoms with E-state index in [2.05, 4.69) is 16.4 Å². The van der Waals surface area contributed by atoms with E-state index in [9.17, 15) is 9.90 Å². The summed E-state index contributed by atoms with van der Waals surface area (Å²) in [6.07, 6.45) is 2.86. The summed E-state index contributed by atoms with van der Waals surface area (Å²) < 4.78 is 5.45. The van der Waals surface area contributed by atoms with Crippen molar-refractivity contribution in [3.63, 3.8) is 0 Å². The van der Waals surface area contributed by atoms with Crippen LogP contribution in [0.15, 0.2) is 54.7 Å². The first-order valence-electron chi connectivity index (χ1n) is 9.54. The second-order valence-corrected chi connectivity index (χ2v) is 7.45. The van der Waals surface area contributed by atoms with Gasteiger partial charge in [0.15, 0.2) is 0 Å². The lowest BCUT2D eigenvalue weighted by molar-refractivity contribution is 0.0234. The number of benzene rings is 2. The maximum Gasteiger partial charge on any atom is 0.255 e. The first-order chi connectivity index (χ1) is 13.6. The van der Waals surface area contributed by atoms with Crippen molar-refractivity contribution >= 4 is 16.8 Å². The molecule has 4 rings (SSSR count). The molecule has 5 nitrogen and oxygen atoms in total. The maximum atomic E-state index is 13.1. The molecule has 2 aromatic carbocycles. The molecule has 5 heteroatoms. The molecule has 3 aromatic rings. The monoisotopic (exact) mass is 376 g/mol. The lowest BCUT2D eigenvalue weighted by Gasteiger charge is -2.38. The molecule has 0 saturated heterocycles. The van der Waals surface area contributed by atoms with Crippen LogP contribution in [0.4, 0.5) is 0 Å². The molecule has 0 spiro atoms. The molecule has 1 aliphatic rings. The summed E-state index contributed by atoms with van der Waals surface area (Å²) in [6, 6.07) is 15.3. The highest BCUT2D eigenvalue weighted by atomic mass is 16.5. The third-order valence-corrected chi connectivity index (χ3v) is 5.54. The van der Waals surface area contributed by atoms with Crippen molar-refractivity contribution in [3.05, 3.63) is 71.4 Å². The number of hydrogen-bond acceptors (Lipinski definition) is 4. The highest BCUT2D eigenvalue weighted by molar-refractivity contribution is 5.97. The second-order valence-electron chi connectivity index (χ2n) is 7.45. The van der Waals surface area contributed by atoms with Crippen LogP contribution in [0.3, 0.4) is 0 Å². The zero-order valence-electron chi connectivity index (χ0n) is 16.1. The lowest BCUT2D eigenvalue weighted by Crippen LogP contribution is -2.41. The summed E-state index contributed by atoms with van der Waals surface area (Å²) in [7, 11) is 1.58. The van der Waals surface area contributed by atoms with Crippen molar-refractivity contribution in [2.45, 2.75) is 31.9 Å². The van der Waals surface area contributed by atoms with Crippen LogP contribution in [0, 0.1) is 12.8 Å². The molecule has 0 unspecified atom stereocenters. The summed E-state index contributed by atoms with van der Waals surface area (Å²) >= 11 is 0. The van der Waals surface area contributed by atoms with Gasteiger partial charge < -0.3 is 15.2 Å². The van der Waals surface area contributed by atoms with Gasteiger partial charge in [0.05, 0.1) is 30.3 Å². The molecule has 1 aromatic heterocycles. The topological polar surface area (TPSA) is 71.5 Å². The molecule has 1 amide bonds. The number of rotatable bonds is 5. The Bertz CT molecular complexity index is 1010. The van der Waals surface area contributed by atoms with E-state index in [0.717, 1.165) is 22.0 Å². The number of methoxy groups -OCH3 is 1. The van der Waals surface area contributed by atoms with E-state index in [0.29, 0.717) is 24.2 Å². The van der Waals surface area contributed by atoms with E-state index in [1.807, 2.05) is 49.5 Å². The molecular formula is C23H24N2O3. The summed E-state index contributed by atoms with van der Waals surface area (Å²) in [5.41, 5.74) is 3.31. The number of pyridine rings is 1. The molecule has 0 radical (unpaired) electrons. The standard InChI is InChI=1S/C23H24N2O3/c1-14-6-5-8-19(22(14)28-2)23(27)25-21(16-11-18(26)12-16)17-10-15-7-3-4-9-20(15)24-13-17/h3-10,13,16,18,21,26H,11-12H2,1-2H3,(H,25,27)/t16?,18?,21-/m1/s1. The van der Waals surface area contributed by atoms with E-state index >= 15 is 0 Å². The molecule has 1 saturated carbocycles. The smallest absolute Gasteiger partial charge is 0.255 e. The van der Waals surface area contributed by atoms with Crippen LogP contribution in [0.25, 0.3) is 10.9 Å². The number of para-hydroxylation sites is 2. The Hall–Kier alpha value is -2.92. The fourth-order valence-corrected chi connectivity index (χ4v) is 3.95. The van der Waals surface area contributed by atoms with Crippen LogP contribution in [-0.2, 0) is 0 Å². The van der Waals surface area contributed by atoms with Crippen LogP contribution in [0.1, 0.15) is 40.4 Å². The number of nitrogens with zero attached hydrogens (tertiary/aromatic N) is 1. The van der Waals surface area contributed by atoms with Gasteiger partial charge in [0.2, 0.25) is 0 Å². The number of hydrogen-bond donors (Lipinski definition) is 2. The summed E-state index contributed by atoms with van der Waals surface area (Å²) in [5, 5.41) is 14.0. The Morgan fingerprint density at radius 2 is 2.00 bits per heavy atom. The van der Waals surface area contributed by atoms with Crippen LogP contribution in [-0.4, -0.2) is 29.2 Å². The lowest BCUT2D eigenvalue weighted by atomic mass is 9.75. The number of aryl methyl sites for hydroxylation is 1. The van der Waals surface area contributed by atoms with Crippen molar-refractivity contribution in [3.8, 4) is 5.75 Å². The van der Waals surface area contributed by atoms with Gasteiger partial charge >= 0.3 is 0 Å². The van der Waals surface area contributed by atoms with Crippen molar-refractivity contribution in [2.75, 3.05) is 7.11 Å². The third kappa shape index (κ3) is 3.45. The van der Waals surface area contributed by atoms with Crippen molar-refractivity contribution in [2.24, 2.45) is 5.92 Å². The zero-order chi connectivity index (χ0) is 19.7. The Morgan fingerprint density at radius 3 is 2.75 bits per heavy atom. The average Bonchev–Trinajstić information content (AvgIpc) is 2.69. The quantitative estimate of drug-likeness (QED) is 0.711. The first kappa shape index (κ1) is 18.4. The largest absolute Gasteiger partial charge is 0.496 e. The fraction of sp³-hybridized carbons (Fsp3) is 0.304. The van der Waals surface area contributed by atoms with Gasteiger partial charge in [0, 0.05) is 11.6 Å². The van der Waals surface area contributed by atoms with Gasteiger partial charge in [0.25, 0.3) is 5.91 Å². The second kappa shape index (κ2) is 7.60. The highest BCUT2D eigenvalue weighted by Crippen LogP contribution is 2.39. The molecule has 1 atom stereocenters. The number of aromatic nitrogens is 1. The number of nitrogens with one attached hydrogen (secondary N) is 1. The molecule has 28 heavy (non-hydrogen) atoms. The minimum Gasteiger partial charge on any atom is -0.496 e. The highest BCUT2D eigenvalue weighted by Gasteiger charge is 2.36. The average molecular weight is 376 g/mol. The number of fused-ring (bicyclic) bond motifs is 1. The number of amides is 1. The normalized spacial score (nSPS) is 19.7. The zero-order valence-corrected chi connectivity index (χ0v) is 16.1. The van der Waals surface area contributed by atoms with Gasteiger partial charge in [-0.05, 0) is 55.0 Å². The van der Waals surface area contributed by atoms with Crippen molar-refractivity contribution < 1.29 is 14.6 Å². The summed E-state index contributed by atoms with van der Waals surface area (Å²) in [5.74, 6) is 0.585. The Kier molecular flexibility index (Phi) is 5.01. The molecule has 1 aliphatic carbocycles. The van der Waals surface area contributed by atoms with E-state index in [1.165, 1.54) is 0 Å². The van der Waals surface area contributed by atoms with Gasteiger partial charge in [-0.1, -0.05) is 30.3 Å². The SMILES string of the molecule is COc1c(C)cccc1C(=O)N[C@@H](c1cnc2ccccc2c1)C1CC(O)C1. The molecule has 0 aliphatic heterocycles. The Labute approximate surface area is 164 Å². The van der Waals surface area contributed by atoms with Gasteiger partial charge in [-0.15, -0.1) is 0 Å². The minimum atomic E-state index is -0.300. The van der Waals surface area contributed by atoms with E-state index in [-0.39, 0.29) is 24.0 Å². The number of aliphatic hydroxyl groups excluding tert-OH is 1. The first-order valence-corrected chi connectivity index (χ1v) is 9.54. The molecule has 0 bridgehead atoms. The fourth-order valence-electron chi connectivity index (χ4n) is 3.95. The number of carbonyl (C=O) groups is 1. The maximum absolute atomic E-state index is 13.1. The predicted octanol–water partition coefficient (Wildman–Crippen LogP) is 3.79. The molecule has 1 fully saturated rings. The Balaban J connectivity index is 1.67. The van der Waals surface area contributed by atoms with Crippen molar-refractivity contribution in [1.82, 2.24) is 10.3 Å². The Morgan fingerprint density at radius 1 is 1.21 bits per heavy atom.